The number of hydrogen-bond donors (Lipinski definition) is 2. The largest absolute Gasteiger partial charge is 0.494 e. The minimum absolute atomic E-state index is 0.173. The number of aromatic nitrogens is 2. The van der Waals surface area contributed by atoms with E-state index in [0.717, 1.165) is 29.0 Å². The van der Waals surface area contributed by atoms with Crippen LogP contribution in [0.2, 0.25) is 0 Å². The molecule has 24 heavy (non-hydrogen) atoms. The third-order valence-corrected chi connectivity index (χ3v) is 3.78. The Hall–Kier alpha value is -2.70. The van der Waals surface area contributed by atoms with Gasteiger partial charge in [0.2, 0.25) is 0 Å². The Balaban J connectivity index is 1.67. The first-order valence-corrected chi connectivity index (χ1v) is 8.04. The van der Waals surface area contributed by atoms with Gasteiger partial charge in [0.15, 0.2) is 0 Å². The lowest BCUT2D eigenvalue weighted by molar-refractivity contribution is 0.250. The molecule has 128 valence electrons. The number of nitrogens with zero attached hydrogens (tertiary/aromatic N) is 2. The molecule has 1 aliphatic rings. The molecule has 2 heterocycles. The summed E-state index contributed by atoms with van der Waals surface area (Å²) >= 11 is 0. The molecule has 0 aliphatic carbocycles. The van der Waals surface area contributed by atoms with E-state index < -0.39 is 0 Å². The molecule has 3 rings (SSSR count). The predicted octanol–water partition coefficient (Wildman–Crippen LogP) is 2.46. The van der Waals surface area contributed by atoms with Crippen LogP contribution in [0.5, 0.6) is 11.5 Å². The van der Waals surface area contributed by atoms with Crippen LogP contribution in [-0.2, 0) is 20.0 Å². The van der Waals surface area contributed by atoms with Gasteiger partial charge in [-0.05, 0) is 26.0 Å². The first-order chi connectivity index (χ1) is 11.5. The molecule has 1 aromatic heterocycles. The predicted molar refractivity (Wildman–Crippen MR) is 90.5 cm³/mol. The molecule has 0 radical (unpaired) electrons. The van der Waals surface area contributed by atoms with Gasteiger partial charge in [-0.25, -0.2) is 4.79 Å². The van der Waals surface area contributed by atoms with Crippen LogP contribution in [0, 0.1) is 0 Å². The smallest absolute Gasteiger partial charge is 0.319 e. The number of hydrogen-bond acceptors (Lipinski definition) is 4. The number of amides is 2. The second kappa shape index (κ2) is 6.82. The zero-order valence-corrected chi connectivity index (χ0v) is 14.1. The standard InChI is InChI=1S/C17H22N4O3/c1-4-23-15-6-12-5-11(2)24-16(12)7-13(15)8-18-17(22)20-14-9-19-21(3)10-14/h6-7,9-11H,4-5,8H2,1-3H3,(H2,18,20,22)/t11-/m1/s1. The number of urea groups is 1. The molecule has 1 aromatic carbocycles. The number of rotatable bonds is 5. The van der Waals surface area contributed by atoms with Gasteiger partial charge in [-0.3, -0.25) is 4.68 Å². The summed E-state index contributed by atoms with van der Waals surface area (Å²) in [7, 11) is 1.79. The van der Waals surface area contributed by atoms with Crippen molar-refractivity contribution >= 4 is 11.7 Å². The topological polar surface area (TPSA) is 77.4 Å². The molecule has 0 saturated heterocycles. The van der Waals surface area contributed by atoms with Crippen molar-refractivity contribution in [3.63, 3.8) is 0 Å². The molecular formula is C17H22N4O3. The fourth-order valence-corrected chi connectivity index (χ4v) is 2.75. The minimum atomic E-state index is -0.291. The highest BCUT2D eigenvalue weighted by Gasteiger charge is 2.22. The second-order valence-electron chi connectivity index (χ2n) is 5.84. The van der Waals surface area contributed by atoms with Crippen LogP contribution in [-0.4, -0.2) is 28.5 Å². The summed E-state index contributed by atoms with van der Waals surface area (Å²) in [6.07, 6.45) is 4.38. The number of nitrogens with one attached hydrogen (secondary N) is 2. The van der Waals surface area contributed by atoms with Crippen molar-refractivity contribution in [3.05, 3.63) is 35.7 Å². The zero-order valence-electron chi connectivity index (χ0n) is 14.1. The van der Waals surface area contributed by atoms with E-state index in [9.17, 15) is 4.79 Å². The number of benzene rings is 1. The Kier molecular flexibility index (Phi) is 4.59. The number of anilines is 1. The van der Waals surface area contributed by atoms with Crippen molar-refractivity contribution in [1.29, 1.82) is 0 Å². The first-order valence-electron chi connectivity index (χ1n) is 8.04. The molecule has 0 spiro atoms. The Labute approximate surface area is 140 Å². The Morgan fingerprint density at radius 1 is 1.50 bits per heavy atom. The molecule has 1 aliphatic heterocycles. The zero-order chi connectivity index (χ0) is 17.1. The summed E-state index contributed by atoms with van der Waals surface area (Å²) in [6, 6.07) is 3.67. The molecule has 0 saturated carbocycles. The van der Waals surface area contributed by atoms with E-state index in [0.29, 0.717) is 18.8 Å². The fourth-order valence-electron chi connectivity index (χ4n) is 2.75. The molecule has 7 nitrogen and oxygen atoms in total. The van der Waals surface area contributed by atoms with Gasteiger partial charge in [0.25, 0.3) is 0 Å². The third-order valence-electron chi connectivity index (χ3n) is 3.78. The highest BCUT2D eigenvalue weighted by Crippen LogP contribution is 2.35. The third kappa shape index (κ3) is 3.61. The van der Waals surface area contributed by atoms with Crippen LogP contribution in [0.25, 0.3) is 0 Å². The Morgan fingerprint density at radius 2 is 2.33 bits per heavy atom. The summed E-state index contributed by atoms with van der Waals surface area (Å²) in [5.74, 6) is 1.66. The van der Waals surface area contributed by atoms with Crippen LogP contribution < -0.4 is 20.1 Å². The van der Waals surface area contributed by atoms with Gasteiger partial charge < -0.3 is 20.1 Å². The van der Waals surface area contributed by atoms with E-state index in [1.165, 1.54) is 0 Å². The van der Waals surface area contributed by atoms with Crippen LogP contribution in [0.3, 0.4) is 0 Å². The van der Waals surface area contributed by atoms with Crippen LogP contribution in [0.1, 0.15) is 25.0 Å². The van der Waals surface area contributed by atoms with Crippen molar-refractivity contribution in [1.82, 2.24) is 15.1 Å². The minimum Gasteiger partial charge on any atom is -0.494 e. The highest BCUT2D eigenvalue weighted by atomic mass is 16.5. The lowest BCUT2D eigenvalue weighted by Crippen LogP contribution is -2.28. The first kappa shape index (κ1) is 16.2. The molecule has 2 N–H and O–H groups in total. The maximum absolute atomic E-state index is 12.0. The van der Waals surface area contributed by atoms with E-state index in [-0.39, 0.29) is 12.1 Å². The summed E-state index contributed by atoms with van der Waals surface area (Å²) in [5.41, 5.74) is 2.69. The average molecular weight is 330 g/mol. The molecule has 2 amide bonds. The van der Waals surface area contributed by atoms with Crippen LogP contribution in [0.4, 0.5) is 10.5 Å². The van der Waals surface area contributed by atoms with E-state index >= 15 is 0 Å². The van der Waals surface area contributed by atoms with Crippen LogP contribution >= 0.6 is 0 Å². The van der Waals surface area contributed by atoms with Gasteiger partial charge in [-0.15, -0.1) is 0 Å². The van der Waals surface area contributed by atoms with Crippen molar-refractivity contribution in [2.24, 2.45) is 7.05 Å². The summed E-state index contributed by atoms with van der Waals surface area (Å²) in [6.45, 7) is 4.91. The monoisotopic (exact) mass is 330 g/mol. The average Bonchev–Trinajstić information content (AvgIpc) is 3.09. The van der Waals surface area contributed by atoms with Gasteiger partial charge in [0, 0.05) is 37.3 Å². The van der Waals surface area contributed by atoms with Crippen molar-refractivity contribution < 1.29 is 14.3 Å². The molecule has 0 bridgehead atoms. The number of carbonyl (C=O) groups is 1. The molecule has 1 atom stereocenters. The second-order valence-corrected chi connectivity index (χ2v) is 5.84. The quantitative estimate of drug-likeness (QED) is 0.883. The number of fused-ring (bicyclic) bond motifs is 1. The normalized spacial score (nSPS) is 15.5. The van der Waals surface area contributed by atoms with Gasteiger partial charge in [-0.1, -0.05) is 0 Å². The van der Waals surface area contributed by atoms with Gasteiger partial charge in [-0.2, -0.15) is 5.10 Å². The number of ether oxygens (including phenoxy) is 2. The fraction of sp³-hybridized carbons (Fsp3) is 0.412. The summed E-state index contributed by atoms with van der Waals surface area (Å²) in [4.78, 5) is 12.0. The lowest BCUT2D eigenvalue weighted by Gasteiger charge is -2.13. The summed E-state index contributed by atoms with van der Waals surface area (Å²) < 4.78 is 13.1. The SMILES string of the molecule is CCOc1cc2c(cc1CNC(=O)Nc1cnn(C)c1)O[C@H](C)C2. The number of carbonyl (C=O) groups excluding carboxylic acids is 1. The Morgan fingerprint density at radius 3 is 3.04 bits per heavy atom. The molecular weight excluding hydrogens is 308 g/mol. The lowest BCUT2D eigenvalue weighted by atomic mass is 10.1. The summed E-state index contributed by atoms with van der Waals surface area (Å²) in [5, 5.41) is 9.58. The van der Waals surface area contributed by atoms with Crippen molar-refractivity contribution in [3.8, 4) is 11.5 Å². The molecule has 2 aromatic rings. The molecule has 0 unspecified atom stereocenters. The number of aryl methyl sites for hydroxylation is 1. The van der Waals surface area contributed by atoms with E-state index in [4.69, 9.17) is 9.47 Å². The van der Waals surface area contributed by atoms with Crippen LogP contribution in [0.15, 0.2) is 24.5 Å². The maximum Gasteiger partial charge on any atom is 0.319 e. The highest BCUT2D eigenvalue weighted by molar-refractivity contribution is 5.88. The van der Waals surface area contributed by atoms with E-state index in [2.05, 4.69) is 15.7 Å². The van der Waals surface area contributed by atoms with Crippen molar-refractivity contribution in [2.75, 3.05) is 11.9 Å². The maximum atomic E-state index is 12.0. The van der Waals surface area contributed by atoms with Gasteiger partial charge >= 0.3 is 6.03 Å². The van der Waals surface area contributed by atoms with Gasteiger partial charge in [0.05, 0.1) is 18.5 Å². The molecule has 7 heteroatoms. The van der Waals surface area contributed by atoms with E-state index in [1.807, 2.05) is 26.0 Å². The Bertz CT molecular complexity index is 741. The molecule has 0 fully saturated rings. The van der Waals surface area contributed by atoms with E-state index in [1.54, 1.807) is 24.1 Å². The van der Waals surface area contributed by atoms with Crippen molar-refractivity contribution in [2.45, 2.75) is 32.9 Å². The van der Waals surface area contributed by atoms with Gasteiger partial charge in [0.1, 0.15) is 17.6 Å².